The van der Waals surface area contributed by atoms with Crippen LogP contribution >= 0.6 is 11.6 Å². The number of methoxy groups -OCH3 is 1. The average molecular weight is 268 g/mol. The summed E-state index contributed by atoms with van der Waals surface area (Å²) in [5, 5.41) is 10.4. The van der Waals surface area contributed by atoms with Crippen molar-refractivity contribution >= 4 is 11.6 Å². The summed E-state index contributed by atoms with van der Waals surface area (Å²) in [5.41, 5.74) is 0.333. The lowest BCUT2D eigenvalue weighted by molar-refractivity contribution is 0.210. The standard InChI is InChI=1S/C13H11ClFNO2/c1-18-8-4-5-9(11(15)7-8)13(17)12-10(14)3-2-6-16-12/h2-7,13,17H,1H3. The molecule has 1 aromatic carbocycles. The molecule has 2 rings (SSSR count). The van der Waals surface area contributed by atoms with Crippen LogP contribution in [0.4, 0.5) is 4.39 Å². The molecule has 0 radical (unpaired) electrons. The first-order chi connectivity index (χ1) is 8.63. The van der Waals surface area contributed by atoms with Crippen LogP contribution in [-0.2, 0) is 0 Å². The topological polar surface area (TPSA) is 42.4 Å². The van der Waals surface area contributed by atoms with Gasteiger partial charge in [0, 0.05) is 17.8 Å². The molecule has 94 valence electrons. The van der Waals surface area contributed by atoms with E-state index in [1.807, 2.05) is 0 Å². The van der Waals surface area contributed by atoms with Crippen molar-refractivity contribution in [2.24, 2.45) is 0 Å². The van der Waals surface area contributed by atoms with Crippen LogP contribution < -0.4 is 4.74 Å². The summed E-state index contributed by atoms with van der Waals surface area (Å²) in [6.45, 7) is 0. The van der Waals surface area contributed by atoms with Crippen molar-refractivity contribution in [1.29, 1.82) is 0 Å². The molecule has 1 atom stereocenters. The summed E-state index contributed by atoms with van der Waals surface area (Å²) in [4.78, 5) is 3.96. The van der Waals surface area contributed by atoms with Crippen molar-refractivity contribution in [2.75, 3.05) is 7.11 Å². The van der Waals surface area contributed by atoms with E-state index in [2.05, 4.69) is 4.98 Å². The van der Waals surface area contributed by atoms with Crippen LogP contribution in [0.25, 0.3) is 0 Å². The second-order valence-corrected chi connectivity index (χ2v) is 4.07. The van der Waals surface area contributed by atoms with E-state index in [4.69, 9.17) is 16.3 Å². The van der Waals surface area contributed by atoms with Gasteiger partial charge in [0.25, 0.3) is 0 Å². The van der Waals surface area contributed by atoms with Crippen molar-refractivity contribution in [1.82, 2.24) is 4.98 Å². The van der Waals surface area contributed by atoms with E-state index in [1.165, 1.54) is 25.4 Å². The summed E-state index contributed by atoms with van der Waals surface area (Å²) in [5.74, 6) is -0.181. The summed E-state index contributed by atoms with van der Waals surface area (Å²) >= 11 is 5.91. The van der Waals surface area contributed by atoms with Crippen molar-refractivity contribution in [3.05, 3.63) is 58.6 Å². The fraction of sp³-hybridized carbons (Fsp3) is 0.154. The molecule has 0 aliphatic heterocycles. The Hall–Kier alpha value is -1.65. The van der Waals surface area contributed by atoms with Gasteiger partial charge in [-0.25, -0.2) is 4.39 Å². The Bertz CT molecular complexity index is 562. The number of rotatable bonds is 3. The number of aromatic nitrogens is 1. The molecule has 18 heavy (non-hydrogen) atoms. The first-order valence-electron chi connectivity index (χ1n) is 5.25. The molecule has 0 bridgehead atoms. The van der Waals surface area contributed by atoms with Crippen LogP contribution in [0.15, 0.2) is 36.5 Å². The van der Waals surface area contributed by atoms with Gasteiger partial charge < -0.3 is 9.84 Å². The molecule has 0 aliphatic carbocycles. The molecule has 0 spiro atoms. The number of ether oxygens (including phenoxy) is 1. The van der Waals surface area contributed by atoms with Gasteiger partial charge in [-0.1, -0.05) is 11.6 Å². The number of pyridine rings is 1. The number of benzene rings is 1. The molecular formula is C13H11ClFNO2. The van der Waals surface area contributed by atoms with Crippen LogP contribution in [0.2, 0.25) is 5.02 Å². The lowest BCUT2D eigenvalue weighted by atomic mass is 10.1. The minimum Gasteiger partial charge on any atom is -0.497 e. The van der Waals surface area contributed by atoms with Gasteiger partial charge in [-0.3, -0.25) is 4.98 Å². The maximum atomic E-state index is 13.8. The van der Waals surface area contributed by atoms with Gasteiger partial charge in [0.2, 0.25) is 0 Å². The van der Waals surface area contributed by atoms with Gasteiger partial charge in [0.1, 0.15) is 17.7 Å². The zero-order chi connectivity index (χ0) is 13.1. The number of hydrogen-bond donors (Lipinski definition) is 1. The van der Waals surface area contributed by atoms with Crippen molar-refractivity contribution in [3.63, 3.8) is 0 Å². The summed E-state index contributed by atoms with van der Waals surface area (Å²) in [7, 11) is 1.44. The minimum atomic E-state index is -1.20. The van der Waals surface area contributed by atoms with E-state index in [0.717, 1.165) is 0 Å². The summed E-state index contributed by atoms with van der Waals surface area (Å²) in [6, 6.07) is 7.45. The Balaban J connectivity index is 2.40. The predicted molar refractivity (Wildman–Crippen MR) is 66.3 cm³/mol. The molecule has 1 heterocycles. The van der Waals surface area contributed by atoms with E-state index in [0.29, 0.717) is 10.8 Å². The van der Waals surface area contributed by atoms with Crippen LogP contribution in [0.3, 0.4) is 0 Å². The molecule has 0 saturated carbocycles. The average Bonchev–Trinajstić information content (AvgIpc) is 2.38. The maximum Gasteiger partial charge on any atom is 0.133 e. The molecule has 3 nitrogen and oxygen atoms in total. The third-order valence-corrected chi connectivity index (χ3v) is 2.87. The second-order valence-electron chi connectivity index (χ2n) is 3.66. The summed E-state index contributed by atoms with van der Waals surface area (Å²) in [6.07, 6.45) is 0.288. The molecule has 5 heteroatoms. The maximum absolute atomic E-state index is 13.8. The van der Waals surface area contributed by atoms with E-state index in [1.54, 1.807) is 18.2 Å². The third kappa shape index (κ3) is 2.44. The largest absolute Gasteiger partial charge is 0.497 e. The highest BCUT2D eigenvalue weighted by molar-refractivity contribution is 6.31. The van der Waals surface area contributed by atoms with Crippen LogP contribution in [0.5, 0.6) is 5.75 Å². The van der Waals surface area contributed by atoms with Crippen molar-refractivity contribution < 1.29 is 14.2 Å². The van der Waals surface area contributed by atoms with E-state index < -0.39 is 11.9 Å². The normalized spacial score (nSPS) is 12.2. The number of halogens is 2. The molecule has 0 saturated heterocycles. The van der Waals surface area contributed by atoms with E-state index >= 15 is 0 Å². The molecular weight excluding hydrogens is 257 g/mol. The zero-order valence-corrected chi connectivity index (χ0v) is 10.4. The number of nitrogens with zero attached hydrogens (tertiary/aromatic N) is 1. The van der Waals surface area contributed by atoms with E-state index in [-0.39, 0.29) is 11.3 Å². The molecule has 0 fully saturated rings. The SMILES string of the molecule is COc1ccc(C(O)c2ncccc2Cl)c(F)c1. The Labute approximate surface area is 109 Å². The van der Waals surface area contributed by atoms with Gasteiger partial charge in [-0.15, -0.1) is 0 Å². The predicted octanol–water partition coefficient (Wildman–Crippen LogP) is 2.96. The summed E-state index contributed by atoms with van der Waals surface area (Å²) < 4.78 is 18.7. The lowest BCUT2D eigenvalue weighted by Crippen LogP contribution is -2.05. The highest BCUT2D eigenvalue weighted by Gasteiger charge is 2.19. The molecule has 0 aliphatic rings. The Morgan fingerprint density at radius 2 is 2.17 bits per heavy atom. The van der Waals surface area contributed by atoms with Crippen LogP contribution in [0, 0.1) is 5.82 Å². The Kier molecular flexibility index (Phi) is 3.79. The highest BCUT2D eigenvalue weighted by Crippen LogP contribution is 2.29. The Morgan fingerprint density at radius 3 is 2.78 bits per heavy atom. The molecule has 2 aromatic rings. The second kappa shape index (κ2) is 5.33. The monoisotopic (exact) mass is 267 g/mol. The van der Waals surface area contributed by atoms with Crippen molar-refractivity contribution in [2.45, 2.75) is 6.10 Å². The highest BCUT2D eigenvalue weighted by atomic mass is 35.5. The van der Waals surface area contributed by atoms with Crippen LogP contribution in [-0.4, -0.2) is 17.2 Å². The Morgan fingerprint density at radius 1 is 1.39 bits per heavy atom. The number of aliphatic hydroxyl groups excluding tert-OH is 1. The molecule has 1 unspecified atom stereocenters. The first-order valence-corrected chi connectivity index (χ1v) is 5.63. The van der Waals surface area contributed by atoms with Gasteiger partial charge in [0.15, 0.2) is 0 Å². The fourth-order valence-electron chi connectivity index (χ4n) is 1.60. The molecule has 1 N–H and O–H groups in total. The molecule has 1 aromatic heterocycles. The number of hydrogen-bond acceptors (Lipinski definition) is 3. The minimum absolute atomic E-state index is 0.108. The van der Waals surface area contributed by atoms with Gasteiger partial charge >= 0.3 is 0 Å². The fourth-order valence-corrected chi connectivity index (χ4v) is 1.83. The molecule has 0 amide bonds. The van der Waals surface area contributed by atoms with E-state index in [9.17, 15) is 9.50 Å². The smallest absolute Gasteiger partial charge is 0.133 e. The first kappa shape index (κ1) is 12.8. The quantitative estimate of drug-likeness (QED) is 0.930. The van der Waals surface area contributed by atoms with Crippen LogP contribution in [0.1, 0.15) is 17.4 Å². The zero-order valence-electron chi connectivity index (χ0n) is 9.60. The van der Waals surface area contributed by atoms with Crippen molar-refractivity contribution in [3.8, 4) is 5.75 Å². The lowest BCUT2D eigenvalue weighted by Gasteiger charge is -2.13. The van der Waals surface area contributed by atoms with Gasteiger partial charge in [-0.05, 0) is 24.3 Å². The van der Waals surface area contributed by atoms with Gasteiger partial charge in [-0.2, -0.15) is 0 Å². The number of aliphatic hydroxyl groups is 1. The van der Waals surface area contributed by atoms with Gasteiger partial charge in [0.05, 0.1) is 17.8 Å². The third-order valence-electron chi connectivity index (χ3n) is 2.55.